The zero-order chi connectivity index (χ0) is 24.8. The lowest BCUT2D eigenvalue weighted by Gasteiger charge is -2.15. The first-order valence-electron chi connectivity index (χ1n) is 9.61. The minimum atomic E-state index is -4.34. The third-order valence-electron chi connectivity index (χ3n) is 4.38. The summed E-state index contributed by atoms with van der Waals surface area (Å²) in [6.45, 7) is 9.25. The van der Waals surface area contributed by atoms with Crippen molar-refractivity contribution in [3.05, 3.63) is 71.8 Å². The topological polar surface area (TPSA) is 121 Å². The Hall–Kier alpha value is -3.85. The maximum atomic E-state index is 13.5. The van der Waals surface area contributed by atoms with Gasteiger partial charge in [0.25, 0.3) is 0 Å². The fraction of sp³-hybridized carbons (Fsp3) is 0.167. The van der Waals surface area contributed by atoms with Crippen LogP contribution in [0.15, 0.2) is 70.5 Å². The summed E-state index contributed by atoms with van der Waals surface area (Å²) in [6.07, 6.45) is 0.862. The molecule has 2 aromatic rings. The van der Waals surface area contributed by atoms with E-state index in [0.29, 0.717) is 12.6 Å². The summed E-state index contributed by atoms with van der Waals surface area (Å²) in [5, 5.41) is 0. The van der Waals surface area contributed by atoms with Crippen molar-refractivity contribution in [2.75, 3.05) is 13.2 Å². The highest BCUT2D eigenvalue weighted by atomic mass is 32.2. The SMILES string of the molecule is C=C(C)C(=O)c1ccc(S(=O)(=O)c2ccc(C(=O)C(=C)C)cc2OCC=O)c(OCC=O)c1. The Kier molecular flexibility index (Phi) is 8.20. The number of carbonyl (C=O) groups is 4. The van der Waals surface area contributed by atoms with Crippen LogP contribution >= 0.6 is 0 Å². The average Bonchev–Trinajstić information content (AvgIpc) is 2.79. The van der Waals surface area contributed by atoms with Crippen molar-refractivity contribution < 1.29 is 37.1 Å². The number of carbonyl (C=O) groups excluding carboxylic acids is 4. The van der Waals surface area contributed by atoms with E-state index in [1.165, 1.54) is 50.2 Å². The van der Waals surface area contributed by atoms with Crippen LogP contribution in [0, 0.1) is 0 Å². The first-order chi connectivity index (χ1) is 15.5. The molecule has 8 nitrogen and oxygen atoms in total. The number of allylic oxidation sites excluding steroid dienone is 2. The molecule has 0 N–H and O–H groups in total. The molecule has 0 radical (unpaired) electrons. The molecular formula is C24H22O8S. The number of hydrogen-bond donors (Lipinski definition) is 0. The van der Waals surface area contributed by atoms with Crippen molar-refractivity contribution in [2.45, 2.75) is 23.6 Å². The van der Waals surface area contributed by atoms with Gasteiger partial charge in [-0.2, -0.15) is 0 Å². The van der Waals surface area contributed by atoms with Gasteiger partial charge in [-0.25, -0.2) is 8.42 Å². The van der Waals surface area contributed by atoms with Gasteiger partial charge < -0.3 is 9.47 Å². The molecule has 0 bridgehead atoms. The Bertz CT molecular complexity index is 1160. The van der Waals surface area contributed by atoms with Crippen molar-refractivity contribution in [1.29, 1.82) is 0 Å². The molecule has 0 fully saturated rings. The summed E-state index contributed by atoms with van der Waals surface area (Å²) >= 11 is 0. The van der Waals surface area contributed by atoms with Crippen LogP contribution in [0.3, 0.4) is 0 Å². The molecule has 0 spiro atoms. The highest BCUT2D eigenvalue weighted by molar-refractivity contribution is 7.91. The zero-order valence-corrected chi connectivity index (χ0v) is 18.9. The van der Waals surface area contributed by atoms with Gasteiger partial charge in [0.1, 0.15) is 34.5 Å². The van der Waals surface area contributed by atoms with Crippen molar-refractivity contribution in [3.63, 3.8) is 0 Å². The number of ketones is 2. The van der Waals surface area contributed by atoms with Crippen LogP contribution < -0.4 is 9.47 Å². The maximum absolute atomic E-state index is 13.5. The number of Topliss-reactive ketones (excluding diaryl/α,β-unsaturated/α-hetero) is 2. The predicted octanol–water partition coefficient (Wildman–Crippen LogP) is 3.19. The van der Waals surface area contributed by atoms with Gasteiger partial charge in [-0.15, -0.1) is 0 Å². The molecular weight excluding hydrogens is 448 g/mol. The molecule has 172 valence electrons. The van der Waals surface area contributed by atoms with E-state index >= 15 is 0 Å². The van der Waals surface area contributed by atoms with Gasteiger partial charge in [-0.1, -0.05) is 13.2 Å². The van der Waals surface area contributed by atoms with E-state index in [1.807, 2.05) is 0 Å². The smallest absolute Gasteiger partial charge is 0.213 e. The summed E-state index contributed by atoms with van der Waals surface area (Å²) in [4.78, 5) is 45.5. The van der Waals surface area contributed by atoms with Crippen LogP contribution in [0.25, 0.3) is 0 Å². The van der Waals surface area contributed by atoms with Crippen LogP contribution in [-0.2, 0) is 19.4 Å². The first-order valence-corrected chi connectivity index (χ1v) is 11.1. The molecule has 0 saturated carbocycles. The van der Waals surface area contributed by atoms with Gasteiger partial charge in [0.05, 0.1) is 0 Å². The summed E-state index contributed by atoms with van der Waals surface area (Å²) in [5.41, 5.74) is 0.716. The third-order valence-corrected chi connectivity index (χ3v) is 6.21. The van der Waals surface area contributed by atoms with Gasteiger partial charge in [0, 0.05) is 11.1 Å². The monoisotopic (exact) mass is 470 g/mol. The number of rotatable bonds is 12. The van der Waals surface area contributed by atoms with Gasteiger partial charge in [0.15, 0.2) is 24.1 Å². The second kappa shape index (κ2) is 10.6. The summed E-state index contributed by atoms with van der Waals surface area (Å²) < 4.78 is 37.6. The molecule has 0 atom stereocenters. The van der Waals surface area contributed by atoms with Crippen LogP contribution in [0.2, 0.25) is 0 Å². The van der Waals surface area contributed by atoms with Crippen LogP contribution in [0.1, 0.15) is 34.6 Å². The standard InChI is InChI=1S/C24H22O8S/c1-15(2)23(27)17-5-7-21(19(13-17)31-11-9-25)33(29,30)22-8-6-18(24(28)16(3)4)14-20(22)32-12-10-26/h5-10,13-14H,1,3,11-12H2,2,4H3. The summed E-state index contributed by atoms with van der Waals surface area (Å²) in [6, 6.07) is 7.34. The molecule has 0 heterocycles. The summed E-state index contributed by atoms with van der Waals surface area (Å²) in [7, 11) is -4.34. The minimum Gasteiger partial charge on any atom is -0.485 e. The Morgan fingerprint density at radius 3 is 1.45 bits per heavy atom. The van der Waals surface area contributed by atoms with Crippen molar-refractivity contribution >= 4 is 34.0 Å². The fourth-order valence-electron chi connectivity index (χ4n) is 2.83. The van der Waals surface area contributed by atoms with E-state index in [4.69, 9.17) is 9.47 Å². The lowest BCUT2D eigenvalue weighted by atomic mass is 10.1. The van der Waals surface area contributed by atoms with E-state index in [0.717, 1.165) is 0 Å². The molecule has 0 aromatic heterocycles. The molecule has 0 saturated heterocycles. The zero-order valence-electron chi connectivity index (χ0n) is 18.1. The van der Waals surface area contributed by atoms with E-state index in [-0.39, 0.29) is 43.6 Å². The number of benzene rings is 2. The number of ether oxygens (including phenoxy) is 2. The van der Waals surface area contributed by atoms with Crippen LogP contribution in [0.5, 0.6) is 11.5 Å². The number of sulfone groups is 1. The molecule has 0 aliphatic carbocycles. The average molecular weight is 470 g/mol. The molecule has 0 amide bonds. The van der Waals surface area contributed by atoms with E-state index in [1.54, 1.807) is 0 Å². The number of aldehydes is 2. The lowest BCUT2D eigenvalue weighted by molar-refractivity contribution is -0.110. The molecule has 0 unspecified atom stereocenters. The molecule has 33 heavy (non-hydrogen) atoms. The fourth-order valence-corrected chi connectivity index (χ4v) is 4.32. The van der Waals surface area contributed by atoms with E-state index < -0.39 is 34.6 Å². The Morgan fingerprint density at radius 2 is 1.15 bits per heavy atom. The Morgan fingerprint density at radius 1 is 0.788 bits per heavy atom. The Labute approximate surface area is 191 Å². The van der Waals surface area contributed by atoms with Crippen LogP contribution in [-0.4, -0.2) is 45.8 Å². The van der Waals surface area contributed by atoms with Gasteiger partial charge in [-0.3, -0.25) is 19.2 Å². The normalized spacial score (nSPS) is 10.7. The van der Waals surface area contributed by atoms with Crippen molar-refractivity contribution in [2.24, 2.45) is 0 Å². The molecule has 9 heteroatoms. The largest absolute Gasteiger partial charge is 0.485 e. The molecule has 0 aliphatic rings. The van der Waals surface area contributed by atoms with Gasteiger partial charge >= 0.3 is 0 Å². The quantitative estimate of drug-likeness (QED) is 0.263. The first kappa shape index (κ1) is 25.4. The molecule has 2 rings (SSSR count). The van der Waals surface area contributed by atoms with E-state index in [9.17, 15) is 27.6 Å². The number of hydrogen-bond acceptors (Lipinski definition) is 8. The van der Waals surface area contributed by atoms with Crippen LogP contribution in [0.4, 0.5) is 0 Å². The van der Waals surface area contributed by atoms with Crippen molar-refractivity contribution in [1.82, 2.24) is 0 Å². The second-order valence-electron chi connectivity index (χ2n) is 7.00. The van der Waals surface area contributed by atoms with Gasteiger partial charge in [0.2, 0.25) is 9.84 Å². The van der Waals surface area contributed by atoms with Gasteiger partial charge in [-0.05, 0) is 61.4 Å². The highest BCUT2D eigenvalue weighted by Gasteiger charge is 2.28. The summed E-state index contributed by atoms with van der Waals surface area (Å²) in [5.74, 6) is -1.30. The molecule has 2 aromatic carbocycles. The molecule has 0 aliphatic heterocycles. The Balaban J connectivity index is 2.70. The van der Waals surface area contributed by atoms with E-state index in [2.05, 4.69) is 13.2 Å². The lowest BCUT2D eigenvalue weighted by Crippen LogP contribution is -2.12. The van der Waals surface area contributed by atoms with Crippen molar-refractivity contribution in [3.8, 4) is 11.5 Å². The predicted molar refractivity (Wildman–Crippen MR) is 120 cm³/mol. The second-order valence-corrected chi connectivity index (χ2v) is 8.89. The highest BCUT2D eigenvalue weighted by Crippen LogP contribution is 2.36. The minimum absolute atomic E-state index is 0.127. The maximum Gasteiger partial charge on any atom is 0.213 e. The third kappa shape index (κ3) is 5.69.